The van der Waals surface area contributed by atoms with E-state index in [1.807, 2.05) is 0 Å². The summed E-state index contributed by atoms with van der Waals surface area (Å²) in [4.78, 5) is 12.1. The lowest BCUT2D eigenvalue weighted by Crippen LogP contribution is -2.36. The van der Waals surface area contributed by atoms with Crippen LogP contribution in [0, 0.1) is 10.8 Å². The molecule has 0 aromatic heterocycles. The Kier molecular flexibility index (Phi) is 2.73. The van der Waals surface area contributed by atoms with Crippen molar-refractivity contribution in [2.75, 3.05) is 6.61 Å². The standard InChI is InChI=1S/C14H22O2/c1-10-5-7-14(6-4-8-15)11(10)9-12(16)13(14,2)3/h15H,4-9H2,1-3H3/t14-/m1/s1. The highest BCUT2D eigenvalue weighted by Gasteiger charge is 2.58. The van der Waals surface area contributed by atoms with Gasteiger partial charge in [-0.3, -0.25) is 4.79 Å². The number of aliphatic hydroxyl groups excluding tert-OH is 1. The molecule has 2 aliphatic carbocycles. The Labute approximate surface area is 97.7 Å². The Morgan fingerprint density at radius 3 is 2.69 bits per heavy atom. The highest BCUT2D eigenvalue weighted by Crippen LogP contribution is 2.63. The molecular formula is C14H22O2. The molecule has 2 nitrogen and oxygen atoms in total. The summed E-state index contributed by atoms with van der Waals surface area (Å²) in [5.41, 5.74) is 2.67. The fourth-order valence-electron chi connectivity index (χ4n) is 3.74. The van der Waals surface area contributed by atoms with E-state index in [2.05, 4.69) is 20.8 Å². The third-order valence-electron chi connectivity index (χ3n) is 5.01. The molecule has 0 unspecified atom stereocenters. The first-order valence-electron chi connectivity index (χ1n) is 6.29. The molecule has 90 valence electrons. The zero-order valence-electron chi connectivity index (χ0n) is 10.6. The minimum Gasteiger partial charge on any atom is -0.396 e. The first-order chi connectivity index (χ1) is 7.45. The SMILES string of the molecule is CC1=C2CC(=O)C(C)(C)[C@]2(CCCO)CC1. The van der Waals surface area contributed by atoms with Crippen LogP contribution < -0.4 is 0 Å². The summed E-state index contributed by atoms with van der Waals surface area (Å²) in [6.45, 7) is 6.60. The Hall–Kier alpha value is -0.630. The maximum absolute atomic E-state index is 12.1. The number of aliphatic hydroxyl groups is 1. The molecule has 1 atom stereocenters. The lowest BCUT2D eigenvalue weighted by molar-refractivity contribution is -0.128. The quantitative estimate of drug-likeness (QED) is 0.745. The molecule has 2 aliphatic rings. The number of hydrogen-bond acceptors (Lipinski definition) is 2. The normalized spacial score (nSPS) is 32.4. The third-order valence-corrected chi connectivity index (χ3v) is 5.01. The van der Waals surface area contributed by atoms with Gasteiger partial charge in [0.25, 0.3) is 0 Å². The van der Waals surface area contributed by atoms with E-state index >= 15 is 0 Å². The number of allylic oxidation sites excluding steroid dienone is 2. The van der Waals surface area contributed by atoms with Gasteiger partial charge in [0.2, 0.25) is 0 Å². The maximum Gasteiger partial charge on any atom is 0.143 e. The predicted molar refractivity (Wildman–Crippen MR) is 64.1 cm³/mol. The van der Waals surface area contributed by atoms with Crippen LogP contribution in [0.25, 0.3) is 0 Å². The molecule has 2 rings (SSSR count). The molecule has 16 heavy (non-hydrogen) atoms. The number of carbonyl (C=O) groups excluding carboxylic acids is 1. The van der Waals surface area contributed by atoms with E-state index in [4.69, 9.17) is 5.11 Å². The molecule has 0 bridgehead atoms. The van der Waals surface area contributed by atoms with Crippen molar-refractivity contribution in [3.63, 3.8) is 0 Å². The van der Waals surface area contributed by atoms with Gasteiger partial charge in [0.05, 0.1) is 0 Å². The number of rotatable bonds is 3. The van der Waals surface area contributed by atoms with Gasteiger partial charge in [-0.1, -0.05) is 25.0 Å². The van der Waals surface area contributed by atoms with Crippen molar-refractivity contribution in [1.29, 1.82) is 0 Å². The highest BCUT2D eigenvalue weighted by atomic mass is 16.2. The summed E-state index contributed by atoms with van der Waals surface area (Å²) >= 11 is 0. The topological polar surface area (TPSA) is 37.3 Å². The van der Waals surface area contributed by atoms with Crippen molar-refractivity contribution >= 4 is 5.78 Å². The van der Waals surface area contributed by atoms with E-state index in [-0.39, 0.29) is 17.4 Å². The van der Waals surface area contributed by atoms with Crippen molar-refractivity contribution in [3.05, 3.63) is 11.1 Å². The number of fused-ring (bicyclic) bond motifs is 1. The van der Waals surface area contributed by atoms with Crippen LogP contribution in [-0.4, -0.2) is 17.5 Å². The minimum atomic E-state index is -0.227. The van der Waals surface area contributed by atoms with Crippen LogP contribution in [-0.2, 0) is 4.79 Å². The van der Waals surface area contributed by atoms with Gasteiger partial charge in [-0.2, -0.15) is 0 Å². The first-order valence-corrected chi connectivity index (χ1v) is 6.29. The largest absolute Gasteiger partial charge is 0.396 e. The van der Waals surface area contributed by atoms with Crippen LogP contribution in [0.5, 0.6) is 0 Å². The van der Waals surface area contributed by atoms with Crippen LogP contribution in [0.2, 0.25) is 0 Å². The van der Waals surface area contributed by atoms with E-state index < -0.39 is 0 Å². The molecule has 0 aromatic carbocycles. The lowest BCUT2D eigenvalue weighted by Gasteiger charge is -2.39. The minimum absolute atomic E-state index is 0.0664. The maximum atomic E-state index is 12.1. The van der Waals surface area contributed by atoms with E-state index in [1.54, 1.807) is 0 Å². The molecule has 1 N–H and O–H groups in total. The van der Waals surface area contributed by atoms with Crippen molar-refractivity contribution in [1.82, 2.24) is 0 Å². The van der Waals surface area contributed by atoms with Gasteiger partial charge in [-0.05, 0) is 32.6 Å². The second kappa shape index (κ2) is 3.69. The monoisotopic (exact) mass is 222 g/mol. The van der Waals surface area contributed by atoms with E-state index in [9.17, 15) is 4.79 Å². The van der Waals surface area contributed by atoms with Crippen LogP contribution in [0.1, 0.15) is 52.9 Å². The van der Waals surface area contributed by atoms with Crippen molar-refractivity contribution in [2.45, 2.75) is 52.9 Å². The van der Waals surface area contributed by atoms with Gasteiger partial charge in [0, 0.05) is 23.9 Å². The average Bonchev–Trinajstić information content (AvgIpc) is 2.64. The Morgan fingerprint density at radius 2 is 2.06 bits per heavy atom. The summed E-state index contributed by atoms with van der Waals surface area (Å²) in [6, 6.07) is 0. The van der Waals surface area contributed by atoms with Crippen molar-refractivity contribution < 1.29 is 9.90 Å². The summed E-state index contributed by atoms with van der Waals surface area (Å²) in [6.07, 6.45) is 4.68. The molecule has 0 amide bonds. The number of hydrogen-bond donors (Lipinski definition) is 1. The van der Waals surface area contributed by atoms with Crippen molar-refractivity contribution in [2.24, 2.45) is 10.8 Å². The lowest BCUT2D eigenvalue weighted by atomic mass is 9.63. The third kappa shape index (κ3) is 1.32. The smallest absolute Gasteiger partial charge is 0.143 e. The molecule has 1 saturated carbocycles. The fourth-order valence-corrected chi connectivity index (χ4v) is 3.74. The van der Waals surface area contributed by atoms with Gasteiger partial charge in [-0.25, -0.2) is 0 Å². The molecule has 0 spiro atoms. The molecular weight excluding hydrogens is 200 g/mol. The highest BCUT2D eigenvalue weighted by molar-refractivity contribution is 5.92. The van der Waals surface area contributed by atoms with Crippen LogP contribution in [0.3, 0.4) is 0 Å². The fraction of sp³-hybridized carbons (Fsp3) is 0.786. The van der Waals surface area contributed by atoms with Crippen LogP contribution >= 0.6 is 0 Å². The average molecular weight is 222 g/mol. The summed E-state index contributed by atoms with van der Waals surface area (Å²) in [5, 5.41) is 9.04. The molecule has 0 aromatic rings. The van der Waals surface area contributed by atoms with Gasteiger partial charge in [-0.15, -0.1) is 0 Å². The van der Waals surface area contributed by atoms with Gasteiger partial charge in [0.15, 0.2) is 0 Å². The molecule has 0 radical (unpaired) electrons. The number of Topliss-reactive ketones (excluding diaryl/α,β-unsaturated/α-hetero) is 1. The molecule has 0 saturated heterocycles. The van der Waals surface area contributed by atoms with E-state index in [0.29, 0.717) is 12.2 Å². The Morgan fingerprint density at radius 1 is 1.38 bits per heavy atom. The summed E-state index contributed by atoms with van der Waals surface area (Å²) in [7, 11) is 0. The van der Waals surface area contributed by atoms with Gasteiger partial charge in [0.1, 0.15) is 5.78 Å². The molecule has 1 fully saturated rings. The summed E-state index contributed by atoms with van der Waals surface area (Å²) in [5.74, 6) is 0.388. The molecule has 0 aliphatic heterocycles. The number of carbonyl (C=O) groups is 1. The van der Waals surface area contributed by atoms with Crippen molar-refractivity contribution in [3.8, 4) is 0 Å². The Bertz CT molecular complexity index is 352. The first kappa shape index (κ1) is 11.8. The van der Waals surface area contributed by atoms with E-state index in [0.717, 1.165) is 25.7 Å². The second-order valence-electron chi connectivity index (χ2n) is 5.89. The van der Waals surface area contributed by atoms with Crippen LogP contribution in [0.15, 0.2) is 11.1 Å². The van der Waals surface area contributed by atoms with Crippen LogP contribution in [0.4, 0.5) is 0 Å². The second-order valence-corrected chi connectivity index (χ2v) is 5.89. The summed E-state index contributed by atoms with van der Waals surface area (Å²) < 4.78 is 0. The predicted octanol–water partition coefficient (Wildman–Crippen LogP) is 2.85. The Balaban J connectivity index is 2.41. The number of ketones is 1. The molecule has 2 heteroatoms. The van der Waals surface area contributed by atoms with Gasteiger partial charge < -0.3 is 5.11 Å². The zero-order valence-corrected chi connectivity index (χ0v) is 10.6. The van der Waals surface area contributed by atoms with E-state index in [1.165, 1.54) is 11.1 Å². The van der Waals surface area contributed by atoms with Gasteiger partial charge >= 0.3 is 0 Å². The molecule has 0 heterocycles. The zero-order chi connectivity index (χ0) is 12.0.